The molecule has 3 heterocycles. The summed E-state index contributed by atoms with van der Waals surface area (Å²) in [6.45, 7) is 6.75. The molecule has 2 aliphatic heterocycles. The highest BCUT2D eigenvalue weighted by molar-refractivity contribution is 6.07. The lowest BCUT2D eigenvalue weighted by Gasteiger charge is -2.23. The second-order valence-corrected chi connectivity index (χ2v) is 12.9. The molecular formula is C35H39F3N6O3. The standard InChI is InChI=1S/C35H39F3N6O3/c1-23(2)14-16-42(32(46)26-20-40-44(21-26)31-11-7-6-10-28(31)35(36,37)38)15-8-4-5-9-25-12-13-30-29(17-25)34(33(47)41-30)18-27(19-39)43(22-34)24(3)45/h6-7,10-13,17,20-21,23,27H,4-5,8-9,14-16,18,22H2,1-3H3,(H,41,47)/t27-,34-/m0/s1. The van der Waals surface area contributed by atoms with Crippen molar-refractivity contribution in [1.29, 1.82) is 5.26 Å². The first kappa shape index (κ1) is 33.7. The van der Waals surface area contributed by atoms with Crippen molar-refractivity contribution in [3.63, 3.8) is 0 Å². The minimum atomic E-state index is -4.56. The number of benzene rings is 2. The van der Waals surface area contributed by atoms with E-state index < -0.39 is 23.2 Å². The Balaban J connectivity index is 1.21. The molecule has 0 unspecified atom stereocenters. The topological polar surface area (TPSA) is 111 Å². The number of rotatable bonds is 11. The molecule has 5 rings (SSSR count). The van der Waals surface area contributed by atoms with Crippen LogP contribution in [0.5, 0.6) is 0 Å². The maximum Gasteiger partial charge on any atom is 0.418 e. The zero-order valence-corrected chi connectivity index (χ0v) is 26.8. The smallest absolute Gasteiger partial charge is 0.339 e. The molecule has 1 spiro atoms. The summed E-state index contributed by atoms with van der Waals surface area (Å²) >= 11 is 0. The number of para-hydroxylation sites is 1. The lowest BCUT2D eigenvalue weighted by molar-refractivity contribution is -0.137. The molecule has 3 aromatic rings. The predicted molar refractivity (Wildman–Crippen MR) is 170 cm³/mol. The van der Waals surface area contributed by atoms with Crippen molar-refractivity contribution in [1.82, 2.24) is 19.6 Å². The summed E-state index contributed by atoms with van der Waals surface area (Å²) in [5.41, 5.74) is 0.922. The number of alkyl halides is 3. The first-order chi connectivity index (χ1) is 22.3. The average molecular weight is 649 g/mol. The van der Waals surface area contributed by atoms with Crippen molar-refractivity contribution < 1.29 is 27.6 Å². The van der Waals surface area contributed by atoms with Gasteiger partial charge in [-0.25, -0.2) is 4.68 Å². The second-order valence-electron chi connectivity index (χ2n) is 12.9. The van der Waals surface area contributed by atoms with E-state index in [1.165, 1.54) is 42.4 Å². The van der Waals surface area contributed by atoms with Gasteiger partial charge >= 0.3 is 6.18 Å². The number of hydrogen-bond donors (Lipinski definition) is 1. The lowest BCUT2D eigenvalue weighted by atomic mass is 9.79. The number of anilines is 1. The third kappa shape index (κ3) is 7.04. The average Bonchev–Trinajstić information content (AvgIpc) is 3.75. The van der Waals surface area contributed by atoms with E-state index in [0.717, 1.165) is 54.0 Å². The number of carbonyl (C=O) groups is 3. The molecule has 47 heavy (non-hydrogen) atoms. The summed E-state index contributed by atoms with van der Waals surface area (Å²) in [6, 6.07) is 12.5. The van der Waals surface area contributed by atoms with Gasteiger partial charge in [0.2, 0.25) is 11.8 Å². The van der Waals surface area contributed by atoms with E-state index in [2.05, 4.69) is 30.3 Å². The third-order valence-corrected chi connectivity index (χ3v) is 9.14. The van der Waals surface area contributed by atoms with Crippen LogP contribution in [0.25, 0.3) is 5.69 Å². The van der Waals surface area contributed by atoms with Gasteiger partial charge in [-0.2, -0.15) is 23.5 Å². The van der Waals surface area contributed by atoms with Crippen LogP contribution in [-0.2, 0) is 27.6 Å². The highest BCUT2D eigenvalue weighted by Crippen LogP contribution is 2.46. The Morgan fingerprint density at radius 2 is 1.91 bits per heavy atom. The Kier molecular flexibility index (Phi) is 9.75. The summed E-state index contributed by atoms with van der Waals surface area (Å²) in [4.78, 5) is 42.0. The molecule has 0 radical (unpaired) electrons. The SMILES string of the molecule is CC(=O)N1C[C@]2(C[C@H]1C#N)C(=O)Nc1ccc(CCCCCN(CCC(C)C)C(=O)c3cnn(-c4ccccc4C(F)(F)F)c3)cc12. The van der Waals surface area contributed by atoms with Crippen molar-refractivity contribution in [3.05, 3.63) is 77.1 Å². The Morgan fingerprint density at radius 1 is 1.15 bits per heavy atom. The minimum absolute atomic E-state index is 0.139. The largest absolute Gasteiger partial charge is 0.418 e. The van der Waals surface area contributed by atoms with Gasteiger partial charge in [-0.3, -0.25) is 14.4 Å². The van der Waals surface area contributed by atoms with Gasteiger partial charge in [-0.1, -0.05) is 44.5 Å². The normalized spacial score (nSPS) is 18.8. The number of fused-ring (bicyclic) bond motifs is 2. The highest BCUT2D eigenvalue weighted by Gasteiger charge is 2.55. The van der Waals surface area contributed by atoms with E-state index >= 15 is 0 Å². The summed E-state index contributed by atoms with van der Waals surface area (Å²) in [5.74, 6) is -0.321. The minimum Gasteiger partial charge on any atom is -0.339 e. The van der Waals surface area contributed by atoms with Crippen LogP contribution in [0.4, 0.5) is 18.9 Å². The fourth-order valence-electron chi connectivity index (χ4n) is 6.53. The van der Waals surface area contributed by atoms with Crippen molar-refractivity contribution >= 4 is 23.4 Å². The van der Waals surface area contributed by atoms with E-state index in [1.54, 1.807) is 4.90 Å². The number of nitrogens with zero attached hydrogens (tertiary/aromatic N) is 5. The number of amides is 3. The summed E-state index contributed by atoms with van der Waals surface area (Å²) in [5, 5.41) is 16.6. The van der Waals surface area contributed by atoms with Crippen molar-refractivity contribution in [3.8, 4) is 11.8 Å². The molecule has 1 saturated heterocycles. The van der Waals surface area contributed by atoms with E-state index in [-0.39, 0.29) is 41.9 Å². The maximum atomic E-state index is 13.6. The molecule has 1 aromatic heterocycles. The predicted octanol–water partition coefficient (Wildman–Crippen LogP) is 6.13. The number of hydrogen-bond acceptors (Lipinski definition) is 5. The molecule has 1 fully saturated rings. The number of halogens is 3. The Bertz CT molecular complexity index is 1690. The molecular weight excluding hydrogens is 609 g/mol. The van der Waals surface area contributed by atoms with Gasteiger partial charge in [0.15, 0.2) is 0 Å². The molecule has 12 heteroatoms. The fourth-order valence-corrected chi connectivity index (χ4v) is 6.53. The monoisotopic (exact) mass is 648 g/mol. The molecule has 0 saturated carbocycles. The molecule has 0 aliphatic carbocycles. The van der Waals surface area contributed by atoms with Crippen LogP contribution in [0, 0.1) is 17.2 Å². The molecule has 2 atom stereocenters. The number of likely N-dealkylation sites (tertiary alicyclic amines) is 1. The number of nitrogens with one attached hydrogen (secondary N) is 1. The van der Waals surface area contributed by atoms with Crippen LogP contribution in [0.15, 0.2) is 54.9 Å². The van der Waals surface area contributed by atoms with Crippen LogP contribution >= 0.6 is 0 Å². The van der Waals surface area contributed by atoms with Crippen molar-refractivity contribution in [2.45, 2.75) is 76.9 Å². The van der Waals surface area contributed by atoms with Crippen molar-refractivity contribution in [2.75, 3.05) is 25.0 Å². The molecule has 2 aromatic carbocycles. The van der Waals surface area contributed by atoms with Crippen LogP contribution in [0.1, 0.15) is 79.9 Å². The molecule has 1 N–H and O–H groups in total. The Morgan fingerprint density at radius 3 is 2.60 bits per heavy atom. The van der Waals surface area contributed by atoms with Gasteiger partial charge in [0.05, 0.1) is 34.5 Å². The van der Waals surface area contributed by atoms with Crippen molar-refractivity contribution in [2.24, 2.45) is 5.92 Å². The number of nitriles is 1. The highest BCUT2D eigenvalue weighted by atomic mass is 19.4. The Labute approximate surface area is 272 Å². The molecule has 248 valence electrons. The Hall–Kier alpha value is -4.66. The van der Waals surface area contributed by atoms with Crippen LogP contribution in [0.3, 0.4) is 0 Å². The number of aromatic nitrogens is 2. The molecule has 0 bridgehead atoms. The van der Waals surface area contributed by atoms with Gasteiger partial charge in [-0.05, 0) is 60.9 Å². The fraction of sp³-hybridized carbons (Fsp3) is 0.457. The first-order valence-electron chi connectivity index (χ1n) is 16.0. The summed E-state index contributed by atoms with van der Waals surface area (Å²) < 4.78 is 41.8. The van der Waals surface area contributed by atoms with E-state index in [0.29, 0.717) is 24.7 Å². The van der Waals surface area contributed by atoms with Crippen LogP contribution in [0.2, 0.25) is 0 Å². The van der Waals surface area contributed by atoms with Gasteiger partial charge < -0.3 is 15.1 Å². The zero-order chi connectivity index (χ0) is 33.9. The van der Waals surface area contributed by atoms with Crippen LogP contribution < -0.4 is 5.32 Å². The van der Waals surface area contributed by atoms with E-state index in [4.69, 9.17) is 0 Å². The quantitative estimate of drug-likeness (QED) is 0.252. The third-order valence-electron chi connectivity index (χ3n) is 9.14. The van der Waals surface area contributed by atoms with Crippen LogP contribution in [-0.4, -0.2) is 63.0 Å². The molecule has 3 amide bonds. The number of unbranched alkanes of at least 4 members (excludes halogenated alkanes) is 2. The van der Waals surface area contributed by atoms with Gasteiger partial charge in [0.25, 0.3) is 5.91 Å². The second kappa shape index (κ2) is 13.6. The van der Waals surface area contributed by atoms with E-state index in [1.807, 2.05) is 18.2 Å². The van der Waals surface area contributed by atoms with Gasteiger partial charge in [0.1, 0.15) is 6.04 Å². The maximum absolute atomic E-state index is 13.6. The number of carbonyl (C=O) groups excluding carboxylic acids is 3. The summed E-state index contributed by atoms with van der Waals surface area (Å²) in [6.07, 6.45) is 2.32. The van der Waals surface area contributed by atoms with E-state index in [9.17, 15) is 32.8 Å². The molecule has 9 nitrogen and oxygen atoms in total. The first-order valence-corrected chi connectivity index (χ1v) is 16.0. The lowest BCUT2D eigenvalue weighted by Crippen LogP contribution is -2.39. The van der Waals surface area contributed by atoms with Gasteiger partial charge in [-0.15, -0.1) is 0 Å². The number of aryl methyl sites for hydroxylation is 1. The molecule has 2 aliphatic rings. The zero-order valence-electron chi connectivity index (χ0n) is 26.8. The summed E-state index contributed by atoms with van der Waals surface area (Å²) in [7, 11) is 0. The van der Waals surface area contributed by atoms with Gasteiger partial charge in [0, 0.05) is 44.9 Å².